The number of nitrogens with zero attached hydrogens (tertiary/aromatic N) is 3. The quantitative estimate of drug-likeness (QED) is 0.447. The summed E-state index contributed by atoms with van der Waals surface area (Å²) in [6, 6.07) is 7.91. The largest absolute Gasteiger partial charge is 0.433 e. The number of aromatic nitrogens is 2. The number of alkyl halides is 3. The molecule has 0 saturated heterocycles. The SMILES string of the molecule is Cc1c(-c2cccc(S(=O)(=O)N(C)C)c2)c2nc(C(F)(F)F)ccc2n1C/C(F)=C/CN.Cl.Cl. The highest BCUT2D eigenvalue weighted by atomic mass is 35.5. The number of hydrogen-bond acceptors (Lipinski definition) is 4. The van der Waals surface area contributed by atoms with E-state index in [1.165, 1.54) is 49.0 Å². The van der Waals surface area contributed by atoms with Crippen molar-refractivity contribution in [3.63, 3.8) is 0 Å². The second-order valence-electron chi connectivity index (χ2n) is 7.31. The summed E-state index contributed by atoms with van der Waals surface area (Å²) in [5.41, 5.74) is 5.62. The molecule has 34 heavy (non-hydrogen) atoms. The average molecular weight is 543 g/mol. The molecule has 3 aromatic rings. The molecule has 0 saturated carbocycles. The van der Waals surface area contributed by atoms with Gasteiger partial charge in [-0.2, -0.15) is 13.2 Å². The van der Waals surface area contributed by atoms with Gasteiger partial charge in [0.1, 0.15) is 11.5 Å². The maximum Gasteiger partial charge on any atom is 0.433 e. The molecule has 2 N–H and O–H groups in total. The van der Waals surface area contributed by atoms with E-state index in [2.05, 4.69) is 4.98 Å². The minimum Gasteiger partial charge on any atom is -0.336 e. The third-order valence-corrected chi connectivity index (χ3v) is 6.82. The number of sulfonamides is 1. The van der Waals surface area contributed by atoms with Gasteiger partial charge in [0.25, 0.3) is 0 Å². The summed E-state index contributed by atoms with van der Waals surface area (Å²) < 4.78 is 81.9. The smallest absolute Gasteiger partial charge is 0.336 e. The van der Waals surface area contributed by atoms with E-state index in [1.807, 2.05) is 0 Å². The molecule has 0 unspecified atom stereocenters. The van der Waals surface area contributed by atoms with Crippen LogP contribution in [0.4, 0.5) is 17.6 Å². The molecule has 0 spiro atoms. The third kappa shape index (κ3) is 5.72. The molecule has 0 aliphatic carbocycles. The molecule has 0 radical (unpaired) electrons. The van der Waals surface area contributed by atoms with E-state index in [-0.39, 0.29) is 53.8 Å². The Hall–Kier alpha value is -2.18. The van der Waals surface area contributed by atoms with Crippen molar-refractivity contribution in [3.05, 3.63) is 59.7 Å². The first-order valence-corrected chi connectivity index (χ1v) is 11.0. The molecule has 13 heteroatoms. The summed E-state index contributed by atoms with van der Waals surface area (Å²) in [5.74, 6) is -0.553. The number of benzene rings is 1. The van der Waals surface area contributed by atoms with Crippen LogP contribution >= 0.6 is 24.8 Å². The van der Waals surface area contributed by atoms with Gasteiger partial charge >= 0.3 is 6.18 Å². The molecule has 188 valence electrons. The topological polar surface area (TPSA) is 81.2 Å². The van der Waals surface area contributed by atoms with Crippen LogP contribution in [0.1, 0.15) is 11.4 Å². The number of rotatable bonds is 6. The molecule has 0 aliphatic rings. The molecule has 3 rings (SSSR count). The van der Waals surface area contributed by atoms with Gasteiger partial charge in [-0.15, -0.1) is 24.8 Å². The molecular weight excluding hydrogens is 519 g/mol. The van der Waals surface area contributed by atoms with E-state index < -0.39 is 27.7 Å². The fourth-order valence-corrected chi connectivity index (χ4v) is 4.36. The van der Waals surface area contributed by atoms with E-state index in [4.69, 9.17) is 5.73 Å². The van der Waals surface area contributed by atoms with Gasteiger partial charge in [-0.25, -0.2) is 22.1 Å². The molecule has 0 atom stereocenters. The summed E-state index contributed by atoms with van der Waals surface area (Å²) in [7, 11) is -1.03. The Morgan fingerprint density at radius 1 is 1.18 bits per heavy atom. The zero-order valence-electron chi connectivity index (χ0n) is 18.4. The second kappa shape index (κ2) is 11.0. The fraction of sp³-hybridized carbons (Fsp3) is 0.286. The zero-order valence-corrected chi connectivity index (χ0v) is 20.9. The van der Waals surface area contributed by atoms with Crippen LogP contribution < -0.4 is 5.73 Å². The average Bonchev–Trinajstić information content (AvgIpc) is 2.98. The van der Waals surface area contributed by atoms with Gasteiger partial charge in [-0.1, -0.05) is 12.1 Å². The van der Waals surface area contributed by atoms with Gasteiger partial charge in [-0.05, 0) is 42.8 Å². The maximum atomic E-state index is 14.3. The van der Waals surface area contributed by atoms with E-state index in [0.717, 1.165) is 10.4 Å². The summed E-state index contributed by atoms with van der Waals surface area (Å²) in [4.78, 5) is 3.79. The predicted molar refractivity (Wildman–Crippen MR) is 129 cm³/mol. The van der Waals surface area contributed by atoms with Crippen LogP contribution in [0, 0.1) is 6.92 Å². The highest BCUT2D eigenvalue weighted by molar-refractivity contribution is 7.89. The maximum absolute atomic E-state index is 14.3. The minimum atomic E-state index is -4.68. The zero-order chi connectivity index (χ0) is 23.8. The lowest BCUT2D eigenvalue weighted by Gasteiger charge is -2.13. The number of fused-ring (bicyclic) bond motifs is 1. The first-order valence-electron chi connectivity index (χ1n) is 9.52. The van der Waals surface area contributed by atoms with Gasteiger partial charge < -0.3 is 10.3 Å². The Kier molecular flexibility index (Phi) is 9.69. The molecule has 0 bridgehead atoms. The molecule has 1 aromatic carbocycles. The van der Waals surface area contributed by atoms with Gasteiger partial charge in [-0.3, -0.25) is 0 Å². The Bertz CT molecular complexity index is 1310. The van der Waals surface area contributed by atoms with Crippen molar-refractivity contribution in [2.24, 2.45) is 5.73 Å². The van der Waals surface area contributed by atoms with E-state index in [1.54, 1.807) is 13.0 Å². The van der Waals surface area contributed by atoms with Crippen LogP contribution in [0.2, 0.25) is 0 Å². The van der Waals surface area contributed by atoms with Crippen molar-refractivity contribution in [3.8, 4) is 11.1 Å². The van der Waals surface area contributed by atoms with Crippen molar-refractivity contribution >= 4 is 45.9 Å². The van der Waals surface area contributed by atoms with Crippen LogP contribution in [-0.4, -0.2) is 42.9 Å². The lowest BCUT2D eigenvalue weighted by Crippen LogP contribution is -2.22. The predicted octanol–water partition coefficient (Wildman–Crippen LogP) is 4.94. The van der Waals surface area contributed by atoms with Crippen molar-refractivity contribution in [1.29, 1.82) is 0 Å². The molecule has 0 aliphatic heterocycles. The lowest BCUT2D eigenvalue weighted by atomic mass is 10.0. The highest BCUT2D eigenvalue weighted by Crippen LogP contribution is 2.37. The molecule has 0 amide bonds. The lowest BCUT2D eigenvalue weighted by molar-refractivity contribution is -0.140. The number of nitrogens with two attached hydrogens (primary N) is 1. The van der Waals surface area contributed by atoms with Crippen LogP contribution in [0.25, 0.3) is 22.2 Å². The standard InChI is InChI=1S/C21H22F4N4O2S.2ClH/c1-13-19(14-5-4-6-16(11-14)32(30,31)28(2)3)20-17(29(13)12-15(22)9-10-26)7-8-18(27-20)21(23,24)25;;/h4-9,11H,10,12,26H2,1-3H3;2*1H/b15-9-;;. The van der Waals surface area contributed by atoms with Gasteiger partial charge in [0.2, 0.25) is 10.0 Å². The Labute approximate surface area is 207 Å². The summed E-state index contributed by atoms with van der Waals surface area (Å²) >= 11 is 0. The number of allylic oxidation sites excluding steroid dienone is 1. The number of hydrogen-bond donors (Lipinski definition) is 1. The van der Waals surface area contributed by atoms with Crippen LogP contribution in [-0.2, 0) is 22.7 Å². The van der Waals surface area contributed by atoms with Crippen LogP contribution in [0.15, 0.2) is 53.2 Å². The van der Waals surface area contributed by atoms with Crippen molar-refractivity contribution < 1.29 is 26.0 Å². The van der Waals surface area contributed by atoms with Gasteiger partial charge in [0.15, 0.2) is 0 Å². The molecule has 2 heterocycles. The third-order valence-electron chi connectivity index (χ3n) is 5.01. The monoisotopic (exact) mass is 542 g/mol. The first kappa shape index (κ1) is 29.9. The van der Waals surface area contributed by atoms with E-state index in [0.29, 0.717) is 16.8 Å². The summed E-state index contributed by atoms with van der Waals surface area (Å²) in [6.45, 7) is 1.34. The van der Waals surface area contributed by atoms with Crippen molar-refractivity contribution in [2.75, 3.05) is 20.6 Å². The summed E-state index contributed by atoms with van der Waals surface area (Å²) in [5, 5.41) is 0. The molecule has 2 aromatic heterocycles. The van der Waals surface area contributed by atoms with Crippen LogP contribution in [0.3, 0.4) is 0 Å². The number of halogens is 6. The van der Waals surface area contributed by atoms with Gasteiger partial charge in [0, 0.05) is 31.9 Å². The molecule has 0 fully saturated rings. The van der Waals surface area contributed by atoms with E-state index in [9.17, 15) is 26.0 Å². The number of pyridine rings is 1. The Morgan fingerprint density at radius 3 is 2.38 bits per heavy atom. The van der Waals surface area contributed by atoms with Crippen molar-refractivity contribution in [2.45, 2.75) is 24.5 Å². The fourth-order valence-electron chi connectivity index (χ4n) is 3.41. The molecule has 6 nitrogen and oxygen atoms in total. The van der Waals surface area contributed by atoms with E-state index >= 15 is 0 Å². The van der Waals surface area contributed by atoms with Gasteiger partial charge in [0.05, 0.1) is 22.5 Å². The van der Waals surface area contributed by atoms with Crippen molar-refractivity contribution in [1.82, 2.24) is 13.9 Å². The Morgan fingerprint density at radius 2 is 1.82 bits per heavy atom. The Balaban J connectivity index is 0.00000289. The second-order valence-corrected chi connectivity index (χ2v) is 9.46. The summed E-state index contributed by atoms with van der Waals surface area (Å²) in [6.07, 6.45) is -3.50. The normalized spacial score (nSPS) is 12.6. The molecular formula is C21H24Cl2F4N4O2S. The first-order chi connectivity index (χ1) is 14.9. The highest BCUT2D eigenvalue weighted by Gasteiger charge is 2.33. The minimum absolute atomic E-state index is 0. The van der Waals surface area contributed by atoms with Crippen LogP contribution in [0.5, 0.6) is 0 Å².